The van der Waals surface area contributed by atoms with E-state index >= 15 is 0 Å². The monoisotopic (exact) mass is 365 g/mol. The van der Waals surface area contributed by atoms with E-state index in [4.69, 9.17) is 4.12 Å². The number of carbonyl (C=O) groups is 1. The standard InChI is InChI=1S/C17H31N3O2Si2/c1-15(2)17(21)20-12-8-13-23(3,4)22-24(5,6)14-9-16-18-10-7-11-19-16/h7,9-11,14-15H,8,12-13H2,1-6H3,(H,20,21)/b14-9+. The Kier molecular flexibility index (Phi) is 7.98. The molecule has 0 unspecified atom stereocenters. The molecule has 1 aromatic heterocycles. The molecule has 0 saturated carbocycles. The number of nitrogens with zero attached hydrogens (tertiary/aromatic N) is 2. The first-order chi connectivity index (χ1) is 11.1. The van der Waals surface area contributed by atoms with Crippen LogP contribution in [0.5, 0.6) is 0 Å². The van der Waals surface area contributed by atoms with E-state index in [-0.39, 0.29) is 11.8 Å². The topological polar surface area (TPSA) is 64.1 Å². The zero-order chi connectivity index (χ0) is 18.2. The predicted molar refractivity (Wildman–Crippen MR) is 104 cm³/mol. The molecule has 0 aliphatic carbocycles. The Morgan fingerprint density at radius 3 is 2.46 bits per heavy atom. The average Bonchev–Trinajstić information content (AvgIpc) is 2.49. The fourth-order valence-corrected chi connectivity index (χ4v) is 10.4. The van der Waals surface area contributed by atoms with E-state index in [1.165, 1.54) is 0 Å². The number of rotatable bonds is 9. The molecule has 0 bridgehead atoms. The van der Waals surface area contributed by atoms with Crippen molar-refractivity contribution in [2.75, 3.05) is 6.54 Å². The number of hydrogen-bond donors (Lipinski definition) is 1. The third-order valence-corrected chi connectivity index (χ3v) is 10.4. The Morgan fingerprint density at radius 2 is 1.88 bits per heavy atom. The van der Waals surface area contributed by atoms with Crippen LogP contribution in [0.1, 0.15) is 26.1 Å². The summed E-state index contributed by atoms with van der Waals surface area (Å²) in [6.07, 6.45) is 6.41. The van der Waals surface area contributed by atoms with Crippen molar-refractivity contribution in [1.29, 1.82) is 0 Å². The van der Waals surface area contributed by atoms with Gasteiger partial charge in [-0.1, -0.05) is 19.5 Å². The van der Waals surface area contributed by atoms with Gasteiger partial charge in [-0.15, -0.1) is 0 Å². The maximum atomic E-state index is 11.6. The normalized spacial score (nSPS) is 12.8. The summed E-state index contributed by atoms with van der Waals surface area (Å²) < 4.78 is 6.52. The van der Waals surface area contributed by atoms with Crippen LogP contribution in [0.3, 0.4) is 0 Å². The van der Waals surface area contributed by atoms with Gasteiger partial charge in [0.05, 0.1) is 0 Å². The quantitative estimate of drug-likeness (QED) is 0.536. The minimum atomic E-state index is -1.91. The van der Waals surface area contributed by atoms with Crippen molar-refractivity contribution >= 4 is 28.6 Å². The van der Waals surface area contributed by atoms with Gasteiger partial charge in [0.1, 0.15) is 0 Å². The second-order valence-corrected chi connectivity index (χ2v) is 15.8. The molecule has 7 heteroatoms. The minimum absolute atomic E-state index is 0.0446. The van der Waals surface area contributed by atoms with Gasteiger partial charge in [0.15, 0.2) is 22.5 Å². The Morgan fingerprint density at radius 1 is 1.25 bits per heavy atom. The van der Waals surface area contributed by atoms with E-state index < -0.39 is 16.6 Å². The molecule has 1 heterocycles. The van der Waals surface area contributed by atoms with E-state index in [0.717, 1.165) is 24.8 Å². The van der Waals surface area contributed by atoms with Gasteiger partial charge in [-0.05, 0) is 50.8 Å². The maximum Gasteiger partial charge on any atom is 0.222 e. The molecule has 0 saturated heterocycles. The van der Waals surface area contributed by atoms with Gasteiger partial charge in [0.2, 0.25) is 5.91 Å². The minimum Gasteiger partial charge on any atom is -0.453 e. The van der Waals surface area contributed by atoms with Crippen LogP contribution in [-0.2, 0) is 8.91 Å². The summed E-state index contributed by atoms with van der Waals surface area (Å²) in [6, 6.07) is 2.85. The highest BCUT2D eigenvalue weighted by molar-refractivity contribution is 6.87. The fraction of sp³-hybridized carbons (Fsp3) is 0.588. The second kappa shape index (κ2) is 9.24. The van der Waals surface area contributed by atoms with E-state index in [9.17, 15) is 4.79 Å². The van der Waals surface area contributed by atoms with Crippen LogP contribution in [0.4, 0.5) is 0 Å². The van der Waals surface area contributed by atoms with Crippen LogP contribution in [-0.4, -0.2) is 39.1 Å². The fourth-order valence-electron chi connectivity index (χ4n) is 2.40. The van der Waals surface area contributed by atoms with Gasteiger partial charge in [0, 0.05) is 24.9 Å². The number of nitrogens with one attached hydrogen (secondary N) is 1. The molecule has 1 rings (SSSR count). The van der Waals surface area contributed by atoms with E-state index in [0.29, 0.717) is 0 Å². The van der Waals surface area contributed by atoms with Gasteiger partial charge >= 0.3 is 0 Å². The van der Waals surface area contributed by atoms with Crippen molar-refractivity contribution in [2.24, 2.45) is 5.92 Å². The molecule has 1 amide bonds. The lowest BCUT2D eigenvalue weighted by Gasteiger charge is -2.32. The van der Waals surface area contributed by atoms with Crippen LogP contribution < -0.4 is 5.32 Å². The lowest BCUT2D eigenvalue weighted by atomic mass is 10.2. The summed E-state index contributed by atoms with van der Waals surface area (Å²) in [6.45, 7) is 13.4. The third-order valence-electron chi connectivity index (χ3n) is 3.54. The van der Waals surface area contributed by atoms with E-state index in [1.807, 2.05) is 26.0 Å². The number of hydrogen-bond acceptors (Lipinski definition) is 4. The highest BCUT2D eigenvalue weighted by Crippen LogP contribution is 2.21. The van der Waals surface area contributed by atoms with Crippen LogP contribution in [0.2, 0.25) is 32.2 Å². The van der Waals surface area contributed by atoms with Gasteiger partial charge in [-0.2, -0.15) is 0 Å². The van der Waals surface area contributed by atoms with Gasteiger partial charge < -0.3 is 9.43 Å². The average molecular weight is 366 g/mol. The Bertz CT molecular complexity index is 546. The molecule has 0 spiro atoms. The third kappa shape index (κ3) is 8.51. The van der Waals surface area contributed by atoms with Crippen molar-refractivity contribution in [3.63, 3.8) is 0 Å². The van der Waals surface area contributed by atoms with Crippen molar-refractivity contribution in [3.05, 3.63) is 30.0 Å². The van der Waals surface area contributed by atoms with Crippen molar-refractivity contribution in [2.45, 2.75) is 52.5 Å². The summed E-state index contributed by atoms with van der Waals surface area (Å²) in [5.41, 5.74) is 2.15. The zero-order valence-corrected chi connectivity index (χ0v) is 17.8. The molecular weight excluding hydrogens is 334 g/mol. The molecule has 0 aromatic carbocycles. The molecule has 0 aliphatic heterocycles. The van der Waals surface area contributed by atoms with Crippen molar-refractivity contribution in [3.8, 4) is 0 Å². The molecule has 1 aromatic rings. The first-order valence-electron chi connectivity index (χ1n) is 8.55. The summed E-state index contributed by atoms with van der Waals surface area (Å²) in [7, 11) is -3.67. The molecule has 24 heavy (non-hydrogen) atoms. The van der Waals surface area contributed by atoms with Crippen LogP contribution in [0.15, 0.2) is 24.2 Å². The van der Waals surface area contributed by atoms with E-state index in [1.54, 1.807) is 12.4 Å². The lowest BCUT2D eigenvalue weighted by Crippen LogP contribution is -2.43. The number of carbonyl (C=O) groups excluding carboxylic acids is 1. The van der Waals surface area contributed by atoms with Crippen LogP contribution in [0.25, 0.3) is 6.08 Å². The van der Waals surface area contributed by atoms with Crippen LogP contribution >= 0.6 is 0 Å². The van der Waals surface area contributed by atoms with Gasteiger partial charge in [-0.3, -0.25) is 4.79 Å². The molecule has 134 valence electrons. The second-order valence-electron chi connectivity index (χ2n) is 7.45. The first kappa shape index (κ1) is 20.7. The predicted octanol–water partition coefficient (Wildman–Crippen LogP) is 3.62. The largest absolute Gasteiger partial charge is 0.453 e. The molecule has 0 fully saturated rings. The van der Waals surface area contributed by atoms with Gasteiger partial charge in [-0.25, -0.2) is 9.97 Å². The first-order valence-corrected chi connectivity index (χ1v) is 14.7. The van der Waals surface area contributed by atoms with Crippen LogP contribution in [0, 0.1) is 5.92 Å². The molecule has 0 atom stereocenters. The highest BCUT2D eigenvalue weighted by atomic mass is 28.4. The Balaban J connectivity index is 2.46. The summed E-state index contributed by atoms with van der Waals surface area (Å²) in [5.74, 6) is 0.886. The lowest BCUT2D eigenvalue weighted by molar-refractivity contribution is -0.123. The Labute approximate surface area is 148 Å². The summed E-state index contributed by atoms with van der Waals surface area (Å²) >= 11 is 0. The smallest absolute Gasteiger partial charge is 0.222 e. The molecule has 0 radical (unpaired) electrons. The number of amides is 1. The van der Waals surface area contributed by atoms with Crippen molar-refractivity contribution in [1.82, 2.24) is 15.3 Å². The Hall–Kier alpha value is -1.32. The molecule has 5 nitrogen and oxygen atoms in total. The van der Waals surface area contributed by atoms with Gasteiger partial charge in [0.25, 0.3) is 0 Å². The van der Waals surface area contributed by atoms with Crippen molar-refractivity contribution < 1.29 is 8.91 Å². The number of aromatic nitrogens is 2. The molecular formula is C17H31N3O2Si2. The molecule has 0 aliphatic rings. The SMILES string of the molecule is CC(C)C(=O)NCCC[Si](C)(C)O[Si](C)(C)/C=C/c1ncccn1. The van der Waals surface area contributed by atoms with E-state index in [2.05, 4.69) is 47.2 Å². The molecule has 1 N–H and O–H groups in total. The summed E-state index contributed by atoms with van der Waals surface area (Å²) in [5, 5.41) is 2.97. The highest BCUT2D eigenvalue weighted by Gasteiger charge is 2.30. The summed E-state index contributed by atoms with van der Waals surface area (Å²) in [4.78, 5) is 20.0. The maximum absolute atomic E-state index is 11.6. The zero-order valence-electron chi connectivity index (χ0n) is 15.8.